The first-order chi connectivity index (χ1) is 0. The van der Waals surface area contributed by atoms with Crippen molar-refractivity contribution in [3.8, 4) is 0 Å². The Labute approximate surface area is 109 Å². The monoisotopic (exact) mass is 310 g/mol. The molecule has 0 aliphatic heterocycles. The number of rotatable bonds is 0. The summed E-state index contributed by atoms with van der Waals surface area (Å²) in [6.45, 7) is 0. The summed E-state index contributed by atoms with van der Waals surface area (Å²) in [5, 5.41) is 0. The van der Waals surface area contributed by atoms with Gasteiger partial charge in [-0.3, -0.25) is 0 Å². The zero-order chi connectivity index (χ0) is 0. The first-order valence-corrected chi connectivity index (χ1v) is 0. The molecule has 0 aromatic rings. The van der Waals surface area contributed by atoms with E-state index in [0.29, 0.717) is 0 Å². The Morgan fingerprint density at radius 1 is 0.375 bits per heavy atom. The van der Waals surface area contributed by atoms with E-state index in [9.17, 15) is 0 Å². The van der Waals surface area contributed by atoms with Crippen LogP contribution in [0.15, 0.2) is 0 Å². The summed E-state index contributed by atoms with van der Waals surface area (Å²) in [5.74, 6) is 0. The molecule has 0 aromatic heterocycles. The molecule has 0 unspecified atom stereocenters. The van der Waals surface area contributed by atoms with Gasteiger partial charge in [0.25, 0.3) is 0 Å². The summed E-state index contributed by atoms with van der Waals surface area (Å²) < 4.78 is 0. The fraction of sp³-hybridized carbons (Fsp3) is 0. The molecule has 12 N–H and O–H groups in total. The predicted octanol–water partition coefficient (Wildman–Crippen LogP) is 0.638. The van der Waals surface area contributed by atoms with Gasteiger partial charge >= 0.3 is 0 Å². The number of hydrogen-bond donors (Lipinski definition) is 4. The Balaban J connectivity index is 0. The summed E-state index contributed by atoms with van der Waals surface area (Å²) in [4.78, 5) is 0. The largest absolute Gasteiger partial charge is 0.344 e. The molecule has 0 fully saturated rings. The van der Waals surface area contributed by atoms with E-state index >= 15 is 0 Å². The van der Waals surface area contributed by atoms with Crippen LogP contribution < -0.4 is 24.6 Å². The number of hydrogen-bond acceptors (Lipinski definition) is 4. The second-order valence-corrected chi connectivity index (χ2v) is 0. The summed E-state index contributed by atoms with van der Waals surface area (Å²) in [7, 11) is 0. The second kappa shape index (κ2) is 102. The minimum absolute atomic E-state index is 0. The van der Waals surface area contributed by atoms with Gasteiger partial charge in [-0.1, -0.05) is 0 Å². The van der Waals surface area contributed by atoms with E-state index in [1.165, 1.54) is 0 Å². The molecule has 0 radical (unpaired) electrons. The summed E-state index contributed by atoms with van der Waals surface area (Å²) in [6.07, 6.45) is 0. The van der Waals surface area contributed by atoms with Crippen LogP contribution in [0, 0.1) is 0 Å². The predicted molar refractivity (Wildman–Crippen MR) is 20.1 cm³/mol. The third kappa shape index (κ3) is 71.5. The summed E-state index contributed by atoms with van der Waals surface area (Å²) in [5.41, 5.74) is 0. The van der Waals surface area contributed by atoms with Crippen LogP contribution in [0.25, 0.3) is 0 Å². The van der Waals surface area contributed by atoms with Crippen molar-refractivity contribution in [2.24, 2.45) is 0 Å². The Kier molecular flexibility index (Phi) is 1780. The van der Waals surface area contributed by atoms with E-state index in [1.807, 2.05) is 0 Å². The van der Waals surface area contributed by atoms with Gasteiger partial charge in [-0.15, -0.1) is 0 Å². The summed E-state index contributed by atoms with van der Waals surface area (Å²) >= 11 is 0. The van der Waals surface area contributed by atoms with Crippen molar-refractivity contribution >= 4 is 0 Å². The van der Waals surface area contributed by atoms with Gasteiger partial charge < -0.3 is 24.6 Å². The molecule has 8 heavy (non-hydrogen) atoms. The van der Waals surface area contributed by atoms with Crippen LogP contribution in [-0.4, -0.2) is 0 Å². The van der Waals surface area contributed by atoms with Crippen LogP contribution in [0.3, 0.4) is 0 Å². The standard InChI is InChI=1S/Mo.4H3N.3Ti/h;4*1H3;;;. The van der Waals surface area contributed by atoms with E-state index in [-0.39, 0.29) is 111 Å². The van der Waals surface area contributed by atoms with E-state index in [1.54, 1.807) is 0 Å². The van der Waals surface area contributed by atoms with Gasteiger partial charge in [0, 0.05) is 86.2 Å². The van der Waals surface area contributed by atoms with E-state index in [2.05, 4.69) is 0 Å². The van der Waals surface area contributed by atoms with Crippen LogP contribution in [0.1, 0.15) is 0 Å². The van der Waals surface area contributed by atoms with Gasteiger partial charge in [0.15, 0.2) is 0 Å². The van der Waals surface area contributed by atoms with E-state index in [0.717, 1.165) is 0 Å². The Morgan fingerprint density at radius 2 is 0.375 bits per heavy atom. The van der Waals surface area contributed by atoms with Gasteiger partial charge in [-0.25, -0.2) is 0 Å². The van der Waals surface area contributed by atoms with Crippen LogP contribution in [0.2, 0.25) is 0 Å². The molecule has 50 valence electrons. The fourth-order valence-corrected chi connectivity index (χ4v) is 0. The molecule has 0 rings (SSSR count). The molecule has 4 nitrogen and oxygen atoms in total. The molecule has 0 atom stereocenters. The van der Waals surface area contributed by atoms with Crippen molar-refractivity contribution in [2.75, 3.05) is 0 Å². The second-order valence-electron chi connectivity index (χ2n) is 0. The van der Waals surface area contributed by atoms with Crippen molar-refractivity contribution in [1.29, 1.82) is 0 Å². The molecule has 0 heterocycles. The molecule has 0 saturated carbocycles. The average Bonchev–Trinajstić information content (AvgIpc) is 0. The molecule has 8 heteroatoms. The van der Waals surface area contributed by atoms with Crippen molar-refractivity contribution < 1.29 is 86.2 Å². The van der Waals surface area contributed by atoms with Gasteiger partial charge in [-0.05, 0) is 0 Å². The minimum atomic E-state index is 0. The molecule has 0 aromatic carbocycles. The molecule has 0 aliphatic rings. The average molecular weight is 308 g/mol. The summed E-state index contributed by atoms with van der Waals surface area (Å²) in [6, 6.07) is 0. The quantitative estimate of drug-likeness (QED) is 0.487. The van der Waals surface area contributed by atoms with Crippen molar-refractivity contribution in [2.45, 2.75) is 0 Å². The molecule has 0 saturated heterocycles. The van der Waals surface area contributed by atoms with Crippen molar-refractivity contribution in [1.82, 2.24) is 24.6 Å². The van der Waals surface area contributed by atoms with Crippen LogP contribution in [0.4, 0.5) is 0 Å². The van der Waals surface area contributed by atoms with E-state index in [4.69, 9.17) is 0 Å². The fourth-order valence-electron chi connectivity index (χ4n) is 0. The molecule has 0 spiro atoms. The topological polar surface area (TPSA) is 140 Å². The van der Waals surface area contributed by atoms with Crippen molar-refractivity contribution in [3.05, 3.63) is 0 Å². The maximum atomic E-state index is 0. The Morgan fingerprint density at radius 3 is 0.375 bits per heavy atom. The van der Waals surface area contributed by atoms with Crippen molar-refractivity contribution in [3.63, 3.8) is 0 Å². The third-order valence-corrected chi connectivity index (χ3v) is 0. The Hall–Kier alpha value is 2.67. The van der Waals surface area contributed by atoms with Crippen LogP contribution >= 0.6 is 0 Å². The molecule has 0 bridgehead atoms. The first kappa shape index (κ1) is 140. The molecule has 0 aliphatic carbocycles. The van der Waals surface area contributed by atoms with Gasteiger partial charge in [-0.2, -0.15) is 0 Å². The zero-order valence-corrected chi connectivity index (χ0v) is 11.4. The molecular weight excluding hydrogens is 296 g/mol. The van der Waals surface area contributed by atoms with Gasteiger partial charge in [0.05, 0.1) is 0 Å². The SMILES string of the molecule is N.N.N.N.[Mo].[Ti].[Ti].[Ti]. The maximum absolute atomic E-state index is 0. The third-order valence-electron chi connectivity index (χ3n) is 0. The van der Waals surface area contributed by atoms with Crippen LogP contribution in [-0.2, 0) is 86.2 Å². The molecule has 0 amide bonds. The molecular formula is H12MoN4Ti3. The normalized spacial score (nSPS) is 0. The maximum Gasteiger partial charge on any atom is 0 e. The van der Waals surface area contributed by atoms with Gasteiger partial charge in [0.2, 0.25) is 0 Å². The van der Waals surface area contributed by atoms with Gasteiger partial charge in [0.1, 0.15) is 0 Å². The Bertz CT molecular complexity index is 11.2. The van der Waals surface area contributed by atoms with Crippen LogP contribution in [0.5, 0.6) is 0 Å². The van der Waals surface area contributed by atoms with E-state index < -0.39 is 0 Å². The smallest absolute Gasteiger partial charge is 0 e. The first-order valence-electron chi connectivity index (χ1n) is 0. The zero-order valence-electron chi connectivity index (χ0n) is 4.74. The minimum Gasteiger partial charge on any atom is -0.344 e.